The Labute approximate surface area is 55.6 Å². The maximum Gasteiger partial charge on any atom is 0.154 e. The van der Waals surface area contributed by atoms with Crippen LogP contribution in [0.1, 0.15) is 20.3 Å². The highest BCUT2D eigenvalue weighted by Gasteiger charge is 1.91. The highest BCUT2D eigenvalue weighted by atomic mass is 16.7. The van der Waals surface area contributed by atoms with Crippen molar-refractivity contribution in [3.05, 3.63) is 0 Å². The Balaban J connectivity index is 2.75. The number of rotatable bonds is 5. The van der Waals surface area contributed by atoms with Crippen molar-refractivity contribution in [2.24, 2.45) is 0 Å². The van der Waals surface area contributed by atoms with E-state index < -0.39 is 6.29 Å². The second-order valence-electron chi connectivity index (χ2n) is 1.79. The van der Waals surface area contributed by atoms with Crippen LogP contribution >= 0.6 is 0 Å². The summed E-state index contributed by atoms with van der Waals surface area (Å²) in [5.74, 6) is 0. The van der Waals surface area contributed by atoms with Crippen LogP contribution in [0.25, 0.3) is 0 Å². The van der Waals surface area contributed by atoms with Gasteiger partial charge in [-0.15, -0.1) is 0 Å². The minimum Gasteiger partial charge on any atom is -0.368 e. The van der Waals surface area contributed by atoms with Gasteiger partial charge in [0.05, 0.1) is 0 Å². The average Bonchev–Trinajstić information content (AvgIpc) is 1.80. The third kappa shape index (κ3) is 7.88. The monoisotopic (exact) mass is 134 g/mol. The van der Waals surface area contributed by atoms with Gasteiger partial charge in [0.2, 0.25) is 0 Å². The fourth-order valence-corrected chi connectivity index (χ4v) is 0.350. The van der Waals surface area contributed by atoms with Crippen molar-refractivity contribution in [1.29, 1.82) is 0 Å². The summed E-state index contributed by atoms with van der Waals surface area (Å²) in [5.41, 5.74) is 0. The fraction of sp³-hybridized carbons (Fsp3) is 1.00. The van der Waals surface area contributed by atoms with Gasteiger partial charge in [0.15, 0.2) is 6.29 Å². The van der Waals surface area contributed by atoms with Crippen molar-refractivity contribution in [2.45, 2.75) is 26.6 Å². The van der Waals surface area contributed by atoms with Crippen LogP contribution in [0.3, 0.4) is 0 Å². The molecule has 0 aromatic carbocycles. The van der Waals surface area contributed by atoms with E-state index in [2.05, 4.69) is 4.74 Å². The highest BCUT2D eigenvalue weighted by Crippen LogP contribution is 1.85. The van der Waals surface area contributed by atoms with Crippen molar-refractivity contribution in [3.63, 3.8) is 0 Å². The van der Waals surface area contributed by atoms with E-state index in [0.29, 0.717) is 6.61 Å². The van der Waals surface area contributed by atoms with Crippen LogP contribution in [0.15, 0.2) is 0 Å². The zero-order valence-electron chi connectivity index (χ0n) is 5.96. The zero-order valence-corrected chi connectivity index (χ0v) is 5.96. The summed E-state index contributed by atoms with van der Waals surface area (Å²) in [6.07, 6.45) is 0.255. The quantitative estimate of drug-likeness (QED) is 0.445. The van der Waals surface area contributed by atoms with Crippen molar-refractivity contribution < 1.29 is 14.6 Å². The minimum absolute atomic E-state index is 0.186. The van der Waals surface area contributed by atoms with E-state index in [0.717, 1.165) is 6.42 Å². The normalized spacial score (nSPS) is 13.7. The van der Waals surface area contributed by atoms with Gasteiger partial charge >= 0.3 is 0 Å². The summed E-state index contributed by atoms with van der Waals surface area (Å²) in [6, 6.07) is 0. The van der Waals surface area contributed by atoms with E-state index in [4.69, 9.17) is 9.84 Å². The average molecular weight is 134 g/mol. The largest absolute Gasteiger partial charge is 0.368 e. The number of hydrogen-bond donors (Lipinski definition) is 1. The van der Waals surface area contributed by atoms with Crippen molar-refractivity contribution in [1.82, 2.24) is 0 Å². The van der Waals surface area contributed by atoms with Gasteiger partial charge in [-0.25, -0.2) is 0 Å². The number of ether oxygens (including phenoxy) is 2. The lowest BCUT2D eigenvalue weighted by Gasteiger charge is -2.05. The van der Waals surface area contributed by atoms with Gasteiger partial charge in [-0.3, -0.25) is 0 Å². The molecule has 0 saturated heterocycles. The molecule has 0 fully saturated rings. The van der Waals surface area contributed by atoms with Crippen molar-refractivity contribution in [2.75, 3.05) is 13.4 Å². The zero-order chi connectivity index (χ0) is 7.11. The molecule has 0 aliphatic carbocycles. The van der Waals surface area contributed by atoms with Crippen LogP contribution in [-0.4, -0.2) is 24.8 Å². The summed E-state index contributed by atoms with van der Waals surface area (Å²) in [5, 5.41) is 8.55. The molecular weight excluding hydrogens is 120 g/mol. The van der Waals surface area contributed by atoms with Crippen molar-refractivity contribution >= 4 is 0 Å². The molecule has 0 amide bonds. The van der Waals surface area contributed by atoms with Crippen LogP contribution in [0.5, 0.6) is 0 Å². The summed E-state index contributed by atoms with van der Waals surface area (Å²) in [6.45, 7) is 4.44. The molecule has 1 N–H and O–H groups in total. The van der Waals surface area contributed by atoms with E-state index in [1.54, 1.807) is 6.92 Å². The molecule has 0 aliphatic rings. The summed E-state index contributed by atoms with van der Waals surface area (Å²) in [7, 11) is 0. The molecule has 0 spiro atoms. The summed E-state index contributed by atoms with van der Waals surface area (Å²) in [4.78, 5) is 0. The Kier molecular flexibility index (Phi) is 5.93. The lowest BCUT2D eigenvalue weighted by atomic mass is 10.5. The molecule has 56 valence electrons. The molecule has 0 aromatic heterocycles. The third-order valence-corrected chi connectivity index (χ3v) is 0.741. The van der Waals surface area contributed by atoms with E-state index in [1.165, 1.54) is 0 Å². The Bertz CT molecular complexity index is 54.3. The van der Waals surface area contributed by atoms with Crippen LogP contribution in [0.4, 0.5) is 0 Å². The number of hydrogen-bond acceptors (Lipinski definition) is 3. The smallest absolute Gasteiger partial charge is 0.154 e. The number of aliphatic hydroxyl groups is 1. The first-order valence-electron chi connectivity index (χ1n) is 3.14. The highest BCUT2D eigenvalue weighted by molar-refractivity contribution is 4.21. The third-order valence-electron chi connectivity index (χ3n) is 0.741. The molecule has 0 aromatic rings. The summed E-state index contributed by atoms with van der Waals surface area (Å²) < 4.78 is 9.59. The number of aliphatic hydroxyl groups excluding tert-OH is 1. The van der Waals surface area contributed by atoms with Crippen molar-refractivity contribution in [3.8, 4) is 0 Å². The predicted molar refractivity (Wildman–Crippen MR) is 33.9 cm³/mol. The van der Waals surface area contributed by atoms with E-state index in [-0.39, 0.29) is 6.79 Å². The van der Waals surface area contributed by atoms with Crippen LogP contribution in [0, 0.1) is 0 Å². The van der Waals surface area contributed by atoms with Gasteiger partial charge in [-0.05, 0) is 13.3 Å². The van der Waals surface area contributed by atoms with Crippen LogP contribution in [0.2, 0.25) is 0 Å². The van der Waals surface area contributed by atoms with Crippen LogP contribution < -0.4 is 0 Å². The molecule has 0 radical (unpaired) electrons. The van der Waals surface area contributed by atoms with E-state index in [1.807, 2.05) is 6.92 Å². The molecule has 0 bridgehead atoms. The Morgan fingerprint density at radius 2 is 2.22 bits per heavy atom. The first kappa shape index (κ1) is 8.88. The van der Waals surface area contributed by atoms with E-state index >= 15 is 0 Å². The van der Waals surface area contributed by atoms with Crippen LogP contribution in [-0.2, 0) is 9.47 Å². The maximum atomic E-state index is 8.55. The Morgan fingerprint density at radius 1 is 1.56 bits per heavy atom. The first-order valence-corrected chi connectivity index (χ1v) is 3.14. The standard InChI is InChI=1S/C6H14O3/c1-3-4-8-5-9-6(2)7/h6-7H,3-5H2,1-2H3. The molecule has 0 rings (SSSR count). The molecule has 3 nitrogen and oxygen atoms in total. The molecule has 0 aliphatic heterocycles. The van der Waals surface area contributed by atoms with Gasteiger partial charge in [-0.1, -0.05) is 6.92 Å². The topological polar surface area (TPSA) is 38.7 Å². The second kappa shape index (κ2) is 6.01. The molecular formula is C6H14O3. The van der Waals surface area contributed by atoms with Gasteiger partial charge in [0, 0.05) is 6.61 Å². The minimum atomic E-state index is -0.721. The molecule has 0 heterocycles. The predicted octanol–water partition coefficient (Wildman–Crippen LogP) is 0.725. The first-order chi connectivity index (χ1) is 4.27. The molecule has 1 atom stereocenters. The Morgan fingerprint density at radius 3 is 2.67 bits per heavy atom. The lowest BCUT2D eigenvalue weighted by molar-refractivity contribution is -0.160. The lowest BCUT2D eigenvalue weighted by Crippen LogP contribution is -2.09. The van der Waals surface area contributed by atoms with E-state index in [9.17, 15) is 0 Å². The fourth-order valence-electron chi connectivity index (χ4n) is 0.350. The van der Waals surface area contributed by atoms with Gasteiger partial charge in [0.25, 0.3) is 0 Å². The molecule has 1 unspecified atom stereocenters. The second-order valence-corrected chi connectivity index (χ2v) is 1.79. The molecule has 0 saturated carbocycles. The SMILES string of the molecule is CCCOCOC(C)O. The maximum absolute atomic E-state index is 8.55. The van der Waals surface area contributed by atoms with Gasteiger partial charge in [0.1, 0.15) is 6.79 Å². The van der Waals surface area contributed by atoms with Gasteiger partial charge < -0.3 is 14.6 Å². The van der Waals surface area contributed by atoms with Gasteiger partial charge in [-0.2, -0.15) is 0 Å². The Hall–Kier alpha value is -0.120. The summed E-state index contributed by atoms with van der Waals surface area (Å²) >= 11 is 0. The molecule has 9 heavy (non-hydrogen) atoms. The molecule has 3 heteroatoms.